The minimum absolute atomic E-state index is 0. The molecule has 3 N–H and O–H groups in total. The molecule has 1 aromatic rings. The van der Waals surface area contributed by atoms with Crippen LogP contribution in [0.5, 0.6) is 5.75 Å². The molecular weight excluding hydrogens is 452 g/mol. The third kappa shape index (κ3) is 8.59. The van der Waals surface area contributed by atoms with Crippen LogP contribution in [0.2, 0.25) is 0 Å². The van der Waals surface area contributed by atoms with Crippen LogP contribution in [0, 0.1) is 0 Å². The van der Waals surface area contributed by atoms with Gasteiger partial charge in [-0.3, -0.25) is 9.89 Å². The standard InChI is InChI=1S/C15H21F3N4O2.HI/c16-15(17,18)24-13-5-2-1-4-12(13)21-14(19)20-6-3-7-22-8-10-23-11-9-22;/h1-2,4-5H,3,6-11H2,(H3,19,20,21);1H. The van der Waals surface area contributed by atoms with E-state index in [0.717, 1.165) is 39.3 Å². The summed E-state index contributed by atoms with van der Waals surface area (Å²) in [4.78, 5) is 6.40. The number of guanidine groups is 1. The molecule has 25 heavy (non-hydrogen) atoms. The van der Waals surface area contributed by atoms with E-state index in [4.69, 9.17) is 10.5 Å². The molecule has 1 saturated heterocycles. The molecule has 0 unspecified atom stereocenters. The molecule has 1 aliphatic heterocycles. The lowest BCUT2D eigenvalue weighted by Gasteiger charge is -2.26. The van der Waals surface area contributed by atoms with Crippen molar-refractivity contribution in [1.82, 2.24) is 4.90 Å². The van der Waals surface area contributed by atoms with Gasteiger partial charge in [-0.2, -0.15) is 0 Å². The summed E-state index contributed by atoms with van der Waals surface area (Å²) in [7, 11) is 0. The summed E-state index contributed by atoms with van der Waals surface area (Å²) in [6, 6.07) is 5.68. The van der Waals surface area contributed by atoms with Crippen molar-refractivity contribution in [3.8, 4) is 5.75 Å². The molecule has 0 saturated carbocycles. The van der Waals surface area contributed by atoms with Crippen LogP contribution in [0.25, 0.3) is 0 Å². The number of anilines is 1. The zero-order valence-corrected chi connectivity index (χ0v) is 15.9. The van der Waals surface area contributed by atoms with Crippen LogP contribution in [0.3, 0.4) is 0 Å². The van der Waals surface area contributed by atoms with Crippen molar-refractivity contribution >= 4 is 35.6 Å². The average molecular weight is 474 g/mol. The number of nitrogens with one attached hydrogen (secondary N) is 1. The Labute approximate surface area is 161 Å². The monoisotopic (exact) mass is 474 g/mol. The van der Waals surface area contributed by atoms with Gasteiger partial charge in [0.2, 0.25) is 0 Å². The fourth-order valence-corrected chi connectivity index (χ4v) is 2.28. The fraction of sp³-hybridized carbons (Fsp3) is 0.533. The lowest BCUT2D eigenvalue weighted by molar-refractivity contribution is -0.274. The van der Waals surface area contributed by atoms with E-state index in [-0.39, 0.29) is 41.4 Å². The fourth-order valence-electron chi connectivity index (χ4n) is 2.28. The Balaban J connectivity index is 0.00000312. The zero-order chi connectivity index (χ0) is 17.4. The number of nitrogens with zero attached hydrogens (tertiary/aromatic N) is 2. The van der Waals surface area contributed by atoms with Gasteiger partial charge < -0.3 is 20.5 Å². The van der Waals surface area contributed by atoms with Gasteiger partial charge in [0.15, 0.2) is 11.7 Å². The number of morpholine rings is 1. The first-order valence-electron chi connectivity index (χ1n) is 7.66. The van der Waals surface area contributed by atoms with Crippen molar-refractivity contribution in [2.45, 2.75) is 12.8 Å². The second-order valence-electron chi connectivity index (χ2n) is 5.24. The minimum atomic E-state index is -4.76. The number of halogens is 4. The number of nitrogens with two attached hydrogens (primary N) is 1. The summed E-state index contributed by atoms with van der Waals surface area (Å²) in [6.07, 6.45) is -3.95. The molecule has 0 amide bonds. The summed E-state index contributed by atoms with van der Waals surface area (Å²) in [6.45, 7) is 4.65. The van der Waals surface area contributed by atoms with Crippen molar-refractivity contribution in [2.75, 3.05) is 44.7 Å². The van der Waals surface area contributed by atoms with Gasteiger partial charge in [0.25, 0.3) is 0 Å². The highest BCUT2D eigenvalue weighted by atomic mass is 127. The molecule has 0 radical (unpaired) electrons. The van der Waals surface area contributed by atoms with Gasteiger partial charge in [-0.1, -0.05) is 12.1 Å². The first-order valence-corrected chi connectivity index (χ1v) is 7.66. The highest BCUT2D eigenvalue weighted by Crippen LogP contribution is 2.29. The molecule has 0 atom stereocenters. The van der Waals surface area contributed by atoms with Crippen LogP contribution in [0.4, 0.5) is 18.9 Å². The van der Waals surface area contributed by atoms with E-state index < -0.39 is 6.36 Å². The molecule has 1 aromatic carbocycles. The van der Waals surface area contributed by atoms with Gasteiger partial charge >= 0.3 is 6.36 Å². The van der Waals surface area contributed by atoms with Crippen molar-refractivity contribution < 1.29 is 22.6 Å². The summed E-state index contributed by atoms with van der Waals surface area (Å²) in [5.74, 6) is -0.299. The highest BCUT2D eigenvalue weighted by molar-refractivity contribution is 14.0. The van der Waals surface area contributed by atoms with Crippen molar-refractivity contribution in [3.05, 3.63) is 24.3 Å². The molecule has 0 aromatic heterocycles. The molecule has 10 heteroatoms. The van der Waals surface area contributed by atoms with Gasteiger partial charge in [-0.15, -0.1) is 37.1 Å². The molecule has 0 aliphatic carbocycles. The highest BCUT2D eigenvalue weighted by Gasteiger charge is 2.32. The Morgan fingerprint density at radius 3 is 2.64 bits per heavy atom. The predicted octanol–water partition coefficient (Wildman–Crippen LogP) is 2.65. The van der Waals surface area contributed by atoms with Crippen LogP contribution in [-0.4, -0.2) is 56.6 Å². The van der Waals surface area contributed by atoms with Crippen LogP contribution < -0.4 is 15.8 Å². The van der Waals surface area contributed by atoms with Gasteiger partial charge in [0, 0.05) is 26.2 Å². The molecular formula is C15H22F3IN4O2. The van der Waals surface area contributed by atoms with Gasteiger partial charge in [0.1, 0.15) is 0 Å². The number of hydrogen-bond acceptors (Lipinski definition) is 4. The smallest absolute Gasteiger partial charge is 0.404 e. The molecule has 142 valence electrons. The molecule has 1 aliphatic rings. The Hall–Kier alpha value is -1.27. The van der Waals surface area contributed by atoms with E-state index >= 15 is 0 Å². The number of benzene rings is 1. The topological polar surface area (TPSA) is 72.1 Å². The summed E-state index contributed by atoms with van der Waals surface area (Å²) < 4.78 is 46.3. The van der Waals surface area contributed by atoms with Crippen LogP contribution >= 0.6 is 24.0 Å². The quantitative estimate of drug-likeness (QED) is 0.287. The molecule has 0 spiro atoms. The van der Waals surface area contributed by atoms with Crippen molar-refractivity contribution in [2.24, 2.45) is 10.7 Å². The van der Waals surface area contributed by atoms with E-state index in [0.29, 0.717) is 6.54 Å². The molecule has 0 bridgehead atoms. The normalized spacial score (nSPS) is 16.2. The third-order valence-electron chi connectivity index (χ3n) is 3.39. The van der Waals surface area contributed by atoms with E-state index in [1.165, 1.54) is 18.2 Å². The first kappa shape index (κ1) is 21.8. The van der Waals surface area contributed by atoms with Gasteiger partial charge in [-0.25, -0.2) is 0 Å². The van der Waals surface area contributed by atoms with Gasteiger partial charge in [0.05, 0.1) is 18.9 Å². The average Bonchev–Trinajstić information content (AvgIpc) is 2.53. The summed E-state index contributed by atoms with van der Waals surface area (Å²) in [5.41, 5.74) is 5.84. The van der Waals surface area contributed by atoms with Crippen molar-refractivity contribution in [1.29, 1.82) is 0 Å². The lowest BCUT2D eigenvalue weighted by Crippen LogP contribution is -2.37. The van der Waals surface area contributed by atoms with Crippen LogP contribution in [0.1, 0.15) is 6.42 Å². The third-order valence-corrected chi connectivity index (χ3v) is 3.39. The van der Waals surface area contributed by atoms with Crippen LogP contribution in [0.15, 0.2) is 29.3 Å². The SMILES string of the molecule is I.NC(=NCCCN1CCOCC1)Nc1ccccc1OC(F)(F)F. The maximum absolute atomic E-state index is 12.4. The van der Waals surface area contributed by atoms with E-state index in [1.807, 2.05) is 0 Å². The molecule has 1 fully saturated rings. The van der Waals surface area contributed by atoms with Crippen molar-refractivity contribution in [3.63, 3.8) is 0 Å². The number of hydrogen-bond donors (Lipinski definition) is 2. The number of ether oxygens (including phenoxy) is 2. The molecule has 6 nitrogen and oxygen atoms in total. The number of alkyl halides is 3. The van der Waals surface area contributed by atoms with E-state index in [1.54, 1.807) is 6.07 Å². The Morgan fingerprint density at radius 2 is 1.96 bits per heavy atom. The maximum atomic E-state index is 12.4. The summed E-state index contributed by atoms with van der Waals surface area (Å²) in [5, 5.41) is 2.64. The Bertz CT molecular complexity index is 552. The Kier molecular flexibility index (Phi) is 9.28. The maximum Gasteiger partial charge on any atom is 0.573 e. The molecule has 1 heterocycles. The second kappa shape index (κ2) is 10.7. The number of aliphatic imine (C=N–C) groups is 1. The first-order chi connectivity index (χ1) is 11.4. The predicted molar refractivity (Wildman–Crippen MR) is 101 cm³/mol. The minimum Gasteiger partial charge on any atom is -0.404 e. The zero-order valence-electron chi connectivity index (χ0n) is 13.6. The van der Waals surface area contributed by atoms with Crippen LogP contribution in [-0.2, 0) is 4.74 Å². The second-order valence-corrected chi connectivity index (χ2v) is 5.24. The summed E-state index contributed by atoms with van der Waals surface area (Å²) >= 11 is 0. The lowest BCUT2D eigenvalue weighted by atomic mass is 10.3. The van der Waals surface area contributed by atoms with Gasteiger partial charge in [-0.05, 0) is 18.6 Å². The number of para-hydroxylation sites is 2. The number of rotatable bonds is 6. The molecule has 2 rings (SSSR count). The Morgan fingerprint density at radius 1 is 1.28 bits per heavy atom. The van der Waals surface area contributed by atoms with E-state index in [2.05, 4.69) is 19.9 Å². The van der Waals surface area contributed by atoms with E-state index in [9.17, 15) is 13.2 Å². The largest absolute Gasteiger partial charge is 0.573 e.